The highest BCUT2D eigenvalue weighted by molar-refractivity contribution is 7.89. The third kappa shape index (κ3) is 7.89. The lowest BCUT2D eigenvalue weighted by Gasteiger charge is -2.37. The van der Waals surface area contributed by atoms with Crippen molar-refractivity contribution in [3.05, 3.63) is 65.6 Å². The van der Waals surface area contributed by atoms with Gasteiger partial charge in [-0.2, -0.15) is 21.9 Å². The molecule has 1 aliphatic heterocycles. The summed E-state index contributed by atoms with van der Waals surface area (Å²) < 4.78 is 68.6. The van der Waals surface area contributed by atoms with Gasteiger partial charge in [0.15, 0.2) is 17.3 Å². The molecule has 3 atom stereocenters. The predicted octanol–water partition coefficient (Wildman–Crippen LogP) is 2.28. The lowest BCUT2D eigenvalue weighted by molar-refractivity contribution is 0.111. The van der Waals surface area contributed by atoms with Crippen molar-refractivity contribution in [2.75, 3.05) is 25.2 Å². The van der Waals surface area contributed by atoms with Gasteiger partial charge in [-0.15, -0.1) is 0 Å². The summed E-state index contributed by atoms with van der Waals surface area (Å²) in [6, 6.07) is 10.1. The topological polar surface area (TPSA) is 190 Å². The van der Waals surface area contributed by atoms with E-state index in [0.717, 1.165) is 46.8 Å². The van der Waals surface area contributed by atoms with E-state index < -0.39 is 31.7 Å². The molecule has 3 heterocycles. The number of hydrogen-bond donors (Lipinski definition) is 3. The average Bonchev–Trinajstić information content (AvgIpc) is 3.46. The van der Waals surface area contributed by atoms with Crippen molar-refractivity contribution in [2.45, 2.75) is 44.2 Å². The molecule has 41 heavy (non-hydrogen) atoms. The van der Waals surface area contributed by atoms with E-state index in [1.165, 1.54) is 0 Å². The van der Waals surface area contributed by atoms with Gasteiger partial charge < -0.3 is 14.6 Å². The van der Waals surface area contributed by atoms with Crippen LogP contribution in [0.4, 0.5) is 0 Å². The summed E-state index contributed by atoms with van der Waals surface area (Å²) in [4.78, 5) is 9.74. The first kappa shape index (κ1) is 30.6. The SMILES string of the molecule is CCOc1cc2c(cc1OC)C(c1ccc(-n3cccn3)nc1)=N[C@@H]1CC[C@@H](O)C[C@H]21.O=S(=O)(O)CCS(=O)(=O)O. The van der Waals surface area contributed by atoms with E-state index in [1.807, 2.05) is 43.6 Å². The Balaban J connectivity index is 0.000000334. The summed E-state index contributed by atoms with van der Waals surface area (Å²) in [5.41, 5.74) is 4.04. The number of nitrogens with zero attached hydrogens (tertiary/aromatic N) is 4. The van der Waals surface area contributed by atoms with Gasteiger partial charge in [-0.25, -0.2) is 9.67 Å². The minimum absolute atomic E-state index is 0.138. The molecule has 222 valence electrons. The number of hydrogen-bond acceptors (Lipinski definition) is 10. The van der Waals surface area contributed by atoms with Gasteiger partial charge in [0.05, 0.1) is 43.1 Å². The Labute approximate surface area is 238 Å². The van der Waals surface area contributed by atoms with Gasteiger partial charge in [0.2, 0.25) is 0 Å². The molecule has 1 aliphatic carbocycles. The smallest absolute Gasteiger partial charge is 0.265 e. The maximum Gasteiger partial charge on any atom is 0.265 e. The zero-order valence-electron chi connectivity index (χ0n) is 22.5. The molecule has 0 spiro atoms. The Hall–Kier alpha value is -3.37. The second-order valence-corrected chi connectivity index (χ2v) is 12.7. The number of rotatable bonds is 8. The minimum atomic E-state index is -4.30. The van der Waals surface area contributed by atoms with Crippen LogP contribution in [0.5, 0.6) is 11.5 Å². The lowest BCUT2D eigenvalue weighted by atomic mass is 9.74. The summed E-state index contributed by atoms with van der Waals surface area (Å²) in [5.74, 6) is 0.384. The van der Waals surface area contributed by atoms with Crippen LogP contribution in [0.25, 0.3) is 5.82 Å². The van der Waals surface area contributed by atoms with Crippen LogP contribution in [0, 0.1) is 0 Å². The summed E-state index contributed by atoms with van der Waals surface area (Å²) in [6.07, 6.45) is 7.51. The zero-order chi connectivity index (χ0) is 29.8. The molecule has 3 N–H and O–H groups in total. The maximum absolute atomic E-state index is 10.3. The number of methoxy groups -OCH3 is 1. The van der Waals surface area contributed by atoms with Crippen LogP contribution in [-0.2, 0) is 20.2 Å². The minimum Gasteiger partial charge on any atom is -0.493 e. The standard InChI is InChI=1S/C24H26N4O3.C2H6O6S2/c1-3-31-22-12-17-18-11-16(29)6-7-20(18)27-24(19(17)13-21(22)30-2)15-5-8-23(25-14-15)28-10-4-9-26-28;3-9(4,5)1-2-10(6,7)8/h4-5,8-10,12-14,16,18,20,29H,3,6-7,11H2,1-2H3;1-2H2,(H,3,4,5)(H,6,7,8)/t16-,18-,20-;/m1./s1. The number of aliphatic hydroxyl groups excluding tert-OH is 1. The molecule has 0 amide bonds. The van der Waals surface area contributed by atoms with Crippen LogP contribution < -0.4 is 9.47 Å². The number of aliphatic imine (C=N–C) groups is 1. The van der Waals surface area contributed by atoms with E-state index in [-0.39, 0.29) is 18.1 Å². The summed E-state index contributed by atoms with van der Waals surface area (Å²) in [7, 11) is -6.94. The number of fused-ring (bicyclic) bond motifs is 3. The fraction of sp³-hybridized carbons (Fsp3) is 0.423. The molecule has 1 saturated carbocycles. The van der Waals surface area contributed by atoms with Gasteiger partial charge in [-0.05, 0) is 62.1 Å². The average molecular weight is 609 g/mol. The third-order valence-corrected chi connectivity index (χ3v) is 8.43. The molecule has 0 bridgehead atoms. The molecule has 0 saturated heterocycles. The first-order valence-electron chi connectivity index (χ1n) is 12.9. The molecule has 5 rings (SSSR count). The monoisotopic (exact) mass is 608 g/mol. The van der Waals surface area contributed by atoms with Crippen molar-refractivity contribution in [3.63, 3.8) is 0 Å². The number of pyridine rings is 1. The summed E-state index contributed by atoms with van der Waals surface area (Å²) >= 11 is 0. The number of aliphatic hydroxyl groups is 1. The van der Waals surface area contributed by atoms with Gasteiger partial charge in [0.1, 0.15) is 0 Å². The van der Waals surface area contributed by atoms with Crippen molar-refractivity contribution < 1.29 is 40.5 Å². The van der Waals surface area contributed by atoms with Crippen LogP contribution in [0.15, 0.2) is 53.9 Å². The number of aromatic nitrogens is 3. The highest BCUT2D eigenvalue weighted by Crippen LogP contribution is 2.45. The second kappa shape index (κ2) is 12.7. The van der Waals surface area contributed by atoms with Crippen molar-refractivity contribution in [2.24, 2.45) is 4.99 Å². The van der Waals surface area contributed by atoms with Crippen LogP contribution >= 0.6 is 0 Å². The first-order chi connectivity index (χ1) is 19.4. The zero-order valence-corrected chi connectivity index (χ0v) is 24.1. The molecule has 2 aromatic heterocycles. The number of benzene rings is 1. The summed E-state index contributed by atoms with van der Waals surface area (Å²) in [5, 5.41) is 14.6. The van der Waals surface area contributed by atoms with E-state index >= 15 is 0 Å². The molecular weight excluding hydrogens is 576 g/mol. The molecule has 0 radical (unpaired) electrons. The van der Waals surface area contributed by atoms with E-state index in [2.05, 4.69) is 16.1 Å². The maximum atomic E-state index is 10.3. The van der Waals surface area contributed by atoms with Gasteiger partial charge >= 0.3 is 0 Å². The van der Waals surface area contributed by atoms with Crippen LogP contribution in [0.1, 0.15) is 48.8 Å². The van der Waals surface area contributed by atoms with Crippen molar-refractivity contribution in [1.29, 1.82) is 0 Å². The Morgan fingerprint density at radius 3 is 2.34 bits per heavy atom. The van der Waals surface area contributed by atoms with Crippen LogP contribution in [0.3, 0.4) is 0 Å². The van der Waals surface area contributed by atoms with E-state index in [9.17, 15) is 21.9 Å². The quantitative estimate of drug-likeness (QED) is 0.318. The van der Waals surface area contributed by atoms with Gasteiger partial charge in [0.25, 0.3) is 20.2 Å². The normalized spacial score (nSPS) is 20.1. The van der Waals surface area contributed by atoms with E-state index in [1.54, 1.807) is 18.0 Å². The predicted molar refractivity (Wildman–Crippen MR) is 150 cm³/mol. The second-order valence-electron chi connectivity index (χ2n) is 9.57. The number of ether oxygens (including phenoxy) is 2. The van der Waals surface area contributed by atoms with Gasteiger partial charge in [-0.1, -0.05) is 0 Å². The molecule has 15 heteroatoms. The Morgan fingerprint density at radius 1 is 1.05 bits per heavy atom. The summed E-state index contributed by atoms with van der Waals surface area (Å²) in [6.45, 7) is 2.53. The Morgan fingerprint density at radius 2 is 1.78 bits per heavy atom. The fourth-order valence-electron chi connectivity index (χ4n) is 4.88. The molecule has 3 aromatic rings. The Bertz CT molecular complexity index is 1560. The van der Waals surface area contributed by atoms with Crippen molar-refractivity contribution in [3.8, 4) is 17.3 Å². The van der Waals surface area contributed by atoms with Gasteiger partial charge in [0, 0.05) is 35.6 Å². The van der Waals surface area contributed by atoms with E-state index in [0.29, 0.717) is 18.8 Å². The van der Waals surface area contributed by atoms with Crippen molar-refractivity contribution >= 4 is 25.9 Å². The highest BCUT2D eigenvalue weighted by atomic mass is 32.2. The molecule has 1 fully saturated rings. The van der Waals surface area contributed by atoms with Gasteiger partial charge in [-0.3, -0.25) is 14.1 Å². The molecule has 1 aromatic carbocycles. The molecular formula is C26H32N4O9S2. The van der Waals surface area contributed by atoms with Crippen LogP contribution in [-0.4, -0.2) is 88.9 Å². The lowest BCUT2D eigenvalue weighted by Crippen LogP contribution is -2.34. The molecule has 13 nitrogen and oxygen atoms in total. The highest BCUT2D eigenvalue weighted by Gasteiger charge is 2.37. The van der Waals surface area contributed by atoms with Crippen LogP contribution in [0.2, 0.25) is 0 Å². The molecule has 2 aliphatic rings. The largest absolute Gasteiger partial charge is 0.493 e. The van der Waals surface area contributed by atoms with Crippen molar-refractivity contribution in [1.82, 2.24) is 14.8 Å². The fourth-order valence-corrected chi connectivity index (χ4v) is 6.56. The molecule has 0 unspecified atom stereocenters. The third-order valence-electron chi connectivity index (χ3n) is 6.73. The first-order valence-corrected chi connectivity index (χ1v) is 16.1. The Kier molecular flexibility index (Phi) is 9.44. The van der Waals surface area contributed by atoms with E-state index in [4.69, 9.17) is 23.6 Å².